The lowest BCUT2D eigenvalue weighted by molar-refractivity contribution is -0.139. The SMILES string of the molecule is CCOC(=O)N(c1ccccc1Cl)c1c(C)noc1-c1ccc(COc2ccc(CC(=O)OC)cc2)cc1. The lowest BCUT2D eigenvalue weighted by Gasteiger charge is -2.23. The number of para-hydroxylation sites is 1. The maximum Gasteiger partial charge on any atom is 0.419 e. The third-order valence-electron chi connectivity index (χ3n) is 5.72. The highest BCUT2D eigenvalue weighted by atomic mass is 35.5. The van der Waals surface area contributed by atoms with Crippen LogP contribution in [0.25, 0.3) is 11.3 Å². The Morgan fingerprint density at radius 1 is 0.974 bits per heavy atom. The van der Waals surface area contributed by atoms with Gasteiger partial charge in [0.2, 0.25) is 0 Å². The number of nitrogens with zero attached hydrogens (tertiary/aromatic N) is 2. The smallest absolute Gasteiger partial charge is 0.419 e. The molecule has 4 aromatic rings. The number of halogens is 1. The largest absolute Gasteiger partial charge is 0.489 e. The molecular formula is C29H27ClN2O6. The van der Waals surface area contributed by atoms with E-state index in [4.69, 9.17) is 30.3 Å². The van der Waals surface area contributed by atoms with Crippen LogP contribution in [0.4, 0.5) is 16.2 Å². The average molecular weight is 535 g/mol. The van der Waals surface area contributed by atoms with Gasteiger partial charge in [0.1, 0.15) is 23.7 Å². The zero-order chi connectivity index (χ0) is 27.1. The minimum Gasteiger partial charge on any atom is -0.489 e. The van der Waals surface area contributed by atoms with Gasteiger partial charge in [0.15, 0.2) is 5.76 Å². The van der Waals surface area contributed by atoms with Crippen molar-refractivity contribution in [2.24, 2.45) is 0 Å². The van der Waals surface area contributed by atoms with Crippen LogP contribution in [-0.2, 0) is 27.3 Å². The minimum absolute atomic E-state index is 0.197. The monoisotopic (exact) mass is 534 g/mol. The van der Waals surface area contributed by atoms with Gasteiger partial charge in [0.25, 0.3) is 0 Å². The molecule has 1 aromatic heterocycles. The molecule has 0 saturated heterocycles. The molecule has 0 aliphatic carbocycles. The van der Waals surface area contributed by atoms with E-state index in [9.17, 15) is 9.59 Å². The topological polar surface area (TPSA) is 91.1 Å². The highest BCUT2D eigenvalue weighted by Gasteiger charge is 2.29. The summed E-state index contributed by atoms with van der Waals surface area (Å²) in [6.45, 7) is 4.03. The van der Waals surface area contributed by atoms with Gasteiger partial charge in [-0.25, -0.2) is 9.69 Å². The first-order chi connectivity index (χ1) is 18.4. The number of esters is 1. The Balaban J connectivity index is 1.54. The lowest BCUT2D eigenvalue weighted by Crippen LogP contribution is -2.27. The van der Waals surface area contributed by atoms with Crippen molar-refractivity contribution in [3.05, 3.63) is 94.6 Å². The first-order valence-corrected chi connectivity index (χ1v) is 12.3. The number of aryl methyl sites for hydroxylation is 1. The predicted octanol–water partition coefficient (Wildman–Crippen LogP) is 6.89. The van der Waals surface area contributed by atoms with Crippen LogP contribution < -0.4 is 9.64 Å². The average Bonchev–Trinajstić information content (AvgIpc) is 3.30. The number of benzene rings is 3. The van der Waals surface area contributed by atoms with E-state index in [0.717, 1.165) is 16.7 Å². The second kappa shape index (κ2) is 12.3. The number of amides is 1. The van der Waals surface area contributed by atoms with E-state index in [1.165, 1.54) is 12.0 Å². The summed E-state index contributed by atoms with van der Waals surface area (Å²) in [6, 6.07) is 21.9. The summed E-state index contributed by atoms with van der Waals surface area (Å²) in [5.41, 5.74) is 3.92. The Morgan fingerprint density at radius 2 is 1.66 bits per heavy atom. The van der Waals surface area contributed by atoms with E-state index in [1.54, 1.807) is 38.1 Å². The van der Waals surface area contributed by atoms with Gasteiger partial charge in [-0.3, -0.25) is 4.79 Å². The molecule has 0 fully saturated rings. The third kappa shape index (κ3) is 6.15. The van der Waals surface area contributed by atoms with Crippen molar-refractivity contribution in [1.82, 2.24) is 5.16 Å². The molecular weight excluding hydrogens is 508 g/mol. The molecule has 0 bridgehead atoms. The summed E-state index contributed by atoms with van der Waals surface area (Å²) >= 11 is 6.44. The first-order valence-electron chi connectivity index (χ1n) is 12.0. The Bertz CT molecular complexity index is 1400. The van der Waals surface area contributed by atoms with Crippen molar-refractivity contribution in [3.8, 4) is 17.1 Å². The van der Waals surface area contributed by atoms with Crippen LogP contribution in [0, 0.1) is 6.92 Å². The van der Waals surface area contributed by atoms with Gasteiger partial charge in [-0.2, -0.15) is 0 Å². The molecule has 8 nitrogen and oxygen atoms in total. The molecule has 0 spiro atoms. The Labute approximate surface area is 225 Å². The lowest BCUT2D eigenvalue weighted by atomic mass is 10.1. The predicted molar refractivity (Wildman–Crippen MR) is 144 cm³/mol. The normalized spacial score (nSPS) is 10.6. The fraction of sp³-hybridized carbons (Fsp3) is 0.207. The van der Waals surface area contributed by atoms with Gasteiger partial charge < -0.3 is 18.7 Å². The molecule has 9 heteroatoms. The number of anilines is 2. The number of carbonyl (C=O) groups excluding carboxylic acids is 2. The van der Waals surface area contributed by atoms with Crippen LogP contribution >= 0.6 is 11.6 Å². The quantitative estimate of drug-likeness (QED) is 0.216. The maximum absolute atomic E-state index is 13.0. The second-order valence-corrected chi connectivity index (χ2v) is 8.72. The number of aromatic nitrogens is 1. The van der Waals surface area contributed by atoms with E-state index < -0.39 is 6.09 Å². The highest BCUT2D eigenvalue weighted by Crippen LogP contribution is 2.40. The van der Waals surface area contributed by atoms with Crippen molar-refractivity contribution in [2.75, 3.05) is 18.6 Å². The number of ether oxygens (including phenoxy) is 3. The Morgan fingerprint density at radius 3 is 2.32 bits per heavy atom. The number of carbonyl (C=O) groups is 2. The van der Waals surface area contributed by atoms with Crippen LogP contribution in [0.15, 0.2) is 77.3 Å². The number of hydrogen-bond acceptors (Lipinski definition) is 7. The Kier molecular flexibility index (Phi) is 8.66. The molecule has 0 saturated carbocycles. The summed E-state index contributed by atoms with van der Waals surface area (Å²) in [4.78, 5) is 25.8. The van der Waals surface area contributed by atoms with Gasteiger partial charge >= 0.3 is 12.1 Å². The van der Waals surface area contributed by atoms with Crippen LogP contribution in [0.5, 0.6) is 5.75 Å². The van der Waals surface area contributed by atoms with Crippen molar-refractivity contribution in [3.63, 3.8) is 0 Å². The summed E-state index contributed by atoms with van der Waals surface area (Å²) in [5.74, 6) is 0.797. The first kappa shape index (κ1) is 26.8. The van der Waals surface area contributed by atoms with Crippen LogP contribution in [0.3, 0.4) is 0 Å². The molecule has 0 atom stereocenters. The van der Waals surface area contributed by atoms with Crippen molar-refractivity contribution < 1.29 is 28.3 Å². The van der Waals surface area contributed by atoms with E-state index in [1.807, 2.05) is 48.5 Å². The molecule has 0 aliphatic rings. The fourth-order valence-electron chi connectivity index (χ4n) is 3.81. The molecule has 1 amide bonds. The van der Waals surface area contributed by atoms with Gasteiger partial charge in [0.05, 0.1) is 30.8 Å². The molecule has 38 heavy (non-hydrogen) atoms. The molecule has 1 heterocycles. The number of rotatable bonds is 9. The molecule has 196 valence electrons. The van der Waals surface area contributed by atoms with Crippen LogP contribution in [0.2, 0.25) is 5.02 Å². The maximum atomic E-state index is 13.0. The van der Waals surface area contributed by atoms with Gasteiger partial charge in [0, 0.05) is 5.56 Å². The number of hydrogen-bond donors (Lipinski definition) is 0. The minimum atomic E-state index is -0.587. The van der Waals surface area contributed by atoms with Crippen LogP contribution in [-0.4, -0.2) is 30.9 Å². The highest BCUT2D eigenvalue weighted by molar-refractivity contribution is 6.34. The summed E-state index contributed by atoms with van der Waals surface area (Å²) < 4.78 is 21.6. The van der Waals surface area contributed by atoms with Gasteiger partial charge in [-0.1, -0.05) is 65.3 Å². The molecule has 0 radical (unpaired) electrons. The van der Waals surface area contributed by atoms with Crippen molar-refractivity contribution in [1.29, 1.82) is 0 Å². The molecule has 3 aromatic carbocycles. The van der Waals surface area contributed by atoms with E-state index in [2.05, 4.69) is 5.16 Å². The zero-order valence-electron chi connectivity index (χ0n) is 21.3. The third-order valence-corrected chi connectivity index (χ3v) is 6.04. The Hall–Kier alpha value is -4.30. The standard InChI is InChI=1S/C29H27ClN2O6/c1-4-36-29(34)32(25-8-6-5-7-24(25)30)27-19(2)31-38-28(27)22-13-9-21(10-14-22)18-37-23-15-11-20(12-16-23)17-26(33)35-3/h5-16H,4,17-18H2,1-3H3. The molecule has 0 unspecified atom stereocenters. The van der Waals surface area contributed by atoms with Crippen molar-refractivity contribution >= 4 is 35.0 Å². The zero-order valence-corrected chi connectivity index (χ0v) is 22.0. The van der Waals surface area contributed by atoms with Gasteiger partial charge in [-0.15, -0.1) is 0 Å². The fourth-order valence-corrected chi connectivity index (χ4v) is 4.03. The molecule has 4 rings (SSSR count). The molecule has 0 aliphatic heterocycles. The van der Waals surface area contributed by atoms with Crippen molar-refractivity contribution in [2.45, 2.75) is 26.9 Å². The summed E-state index contributed by atoms with van der Waals surface area (Å²) in [5, 5.41) is 4.51. The van der Waals surface area contributed by atoms with E-state index in [-0.39, 0.29) is 19.0 Å². The van der Waals surface area contributed by atoms with Gasteiger partial charge in [-0.05, 0) is 49.2 Å². The molecule has 0 N–H and O–H groups in total. The summed E-state index contributed by atoms with van der Waals surface area (Å²) in [7, 11) is 1.37. The second-order valence-electron chi connectivity index (χ2n) is 8.31. The van der Waals surface area contributed by atoms with Crippen LogP contribution in [0.1, 0.15) is 23.7 Å². The number of methoxy groups -OCH3 is 1. The summed E-state index contributed by atoms with van der Waals surface area (Å²) in [6.07, 6.45) is -0.374. The van der Waals surface area contributed by atoms with E-state index in [0.29, 0.717) is 40.2 Å². The van der Waals surface area contributed by atoms with E-state index >= 15 is 0 Å².